The van der Waals surface area contributed by atoms with E-state index in [4.69, 9.17) is 4.42 Å². The Morgan fingerprint density at radius 1 is 1.03 bits per heavy atom. The van der Waals surface area contributed by atoms with Crippen molar-refractivity contribution in [2.75, 3.05) is 32.7 Å². The van der Waals surface area contributed by atoms with Crippen molar-refractivity contribution in [3.63, 3.8) is 0 Å². The minimum atomic E-state index is -0.151. The van der Waals surface area contributed by atoms with Crippen LogP contribution in [0.15, 0.2) is 65.4 Å². The van der Waals surface area contributed by atoms with Crippen molar-refractivity contribution < 1.29 is 14.0 Å². The van der Waals surface area contributed by atoms with Crippen LogP contribution in [0.5, 0.6) is 0 Å². The van der Waals surface area contributed by atoms with E-state index >= 15 is 0 Å². The van der Waals surface area contributed by atoms with Gasteiger partial charge in [0, 0.05) is 63.3 Å². The number of aromatic nitrogens is 2. The molecule has 1 aliphatic rings. The van der Waals surface area contributed by atoms with E-state index in [1.807, 2.05) is 6.07 Å². The van der Waals surface area contributed by atoms with Gasteiger partial charge in [0.05, 0.1) is 6.54 Å². The molecule has 3 heterocycles. The van der Waals surface area contributed by atoms with Gasteiger partial charge < -0.3 is 19.2 Å². The van der Waals surface area contributed by atoms with Gasteiger partial charge in [0.25, 0.3) is 5.91 Å². The summed E-state index contributed by atoms with van der Waals surface area (Å²) in [5.41, 5.74) is 5.19. The number of aromatic amines is 1. The van der Waals surface area contributed by atoms with Gasteiger partial charge in [-0.2, -0.15) is 0 Å². The smallest absolute Gasteiger partial charge is 0.275 e. The van der Waals surface area contributed by atoms with Crippen LogP contribution >= 0.6 is 0 Å². The number of para-hydroxylation sites is 1. The van der Waals surface area contributed by atoms with Gasteiger partial charge in [-0.25, -0.2) is 4.98 Å². The first kappa shape index (κ1) is 24.8. The Bertz CT molecular complexity index is 1380. The van der Waals surface area contributed by atoms with Crippen LogP contribution in [-0.2, 0) is 24.3 Å². The maximum absolute atomic E-state index is 13.0. The molecule has 0 radical (unpaired) electrons. The second-order valence-corrected chi connectivity index (χ2v) is 9.73. The Labute approximate surface area is 216 Å². The number of aryl methyl sites for hydroxylation is 1. The van der Waals surface area contributed by atoms with Crippen LogP contribution in [0.1, 0.15) is 40.0 Å². The standard InChI is InChI=1S/C29H33N5O3/c1-21-6-5-7-23(16-21)18-32(11-10-24-17-30-26-9-4-3-8-25(24)26)19-28-31-27(20-37-28)29(36)34-14-12-33(13-15-34)22(2)35/h3-9,16-17,20,30H,10-15,18-19H2,1-2H3. The summed E-state index contributed by atoms with van der Waals surface area (Å²) in [6.07, 6.45) is 4.42. The number of carbonyl (C=O) groups is 2. The number of hydrogen-bond acceptors (Lipinski definition) is 5. The lowest BCUT2D eigenvalue weighted by Gasteiger charge is -2.33. The van der Waals surface area contributed by atoms with E-state index in [-0.39, 0.29) is 11.8 Å². The van der Waals surface area contributed by atoms with E-state index in [9.17, 15) is 9.59 Å². The molecule has 5 rings (SSSR count). The summed E-state index contributed by atoms with van der Waals surface area (Å²) in [6, 6.07) is 16.9. The zero-order valence-corrected chi connectivity index (χ0v) is 21.4. The number of nitrogens with one attached hydrogen (secondary N) is 1. The Kier molecular flexibility index (Phi) is 7.37. The van der Waals surface area contributed by atoms with Crippen molar-refractivity contribution >= 4 is 22.7 Å². The maximum Gasteiger partial charge on any atom is 0.275 e. The van der Waals surface area contributed by atoms with E-state index < -0.39 is 0 Å². The van der Waals surface area contributed by atoms with Crippen LogP contribution in [0, 0.1) is 6.92 Å². The summed E-state index contributed by atoms with van der Waals surface area (Å²) in [7, 11) is 0. The molecule has 8 heteroatoms. The zero-order valence-electron chi connectivity index (χ0n) is 21.4. The predicted octanol–water partition coefficient (Wildman–Crippen LogP) is 4.01. The number of H-pyrrole nitrogens is 1. The summed E-state index contributed by atoms with van der Waals surface area (Å²) in [5, 5.41) is 1.24. The third-order valence-electron chi connectivity index (χ3n) is 7.00. The lowest BCUT2D eigenvalue weighted by Crippen LogP contribution is -2.50. The molecule has 1 saturated heterocycles. The van der Waals surface area contributed by atoms with Crippen molar-refractivity contribution in [1.82, 2.24) is 24.7 Å². The minimum Gasteiger partial charge on any atom is -0.447 e. The van der Waals surface area contributed by atoms with Gasteiger partial charge in [0.2, 0.25) is 11.8 Å². The van der Waals surface area contributed by atoms with Gasteiger partial charge in [-0.15, -0.1) is 0 Å². The number of amides is 2. The highest BCUT2D eigenvalue weighted by Crippen LogP contribution is 2.20. The maximum atomic E-state index is 13.0. The van der Waals surface area contributed by atoms with Gasteiger partial charge >= 0.3 is 0 Å². The molecule has 192 valence electrons. The van der Waals surface area contributed by atoms with Gasteiger partial charge in [-0.1, -0.05) is 48.0 Å². The second-order valence-electron chi connectivity index (χ2n) is 9.73. The van der Waals surface area contributed by atoms with Crippen molar-refractivity contribution in [2.24, 2.45) is 0 Å². The molecule has 37 heavy (non-hydrogen) atoms. The normalized spacial score (nSPS) is 14.0. The number of carbonyl (C=O) groups excluding carboxylic acids is 2. The Morgan fingerprint density at radius 3 is 2.59 bits per heavy atom. The monoisotopic (exact) mass is 499 g/mol. The van der Waals surface area contributed by atoms with E-state index in [0.29, 0.717) is 44.3 Å². The fourth-order valence-corrected chi connectivity index (χ4v) is 4.96. The summed E-state index contributed by atoms with van der Waals surface area (Å²) >= 11 is 0. The SMILES string of the molecule is CC(=O)N1CCN(C(=O)c2coc(CN(CCc3c[nH]c4ccccc34)Cc3cccc(C)c3)n2)CC1. The third-order valence-corrected chi connectivity index (χ3v) is 7.00. The molecular weight excluding hydrogens is 466 g/mol. The molecule has 1 N–H and O–H groups in total. The molecule has 2 aromatic heterocycles. The van der Waals surface area contributed by atoms with Crippen LogP contribution in [0.4, 0.5) is 0 Å². The zero-order chi connectivity index (χ0) is 25.8. The highest BCUT2D eigenvalue weighted by Gasteiger charge is 2.25. The van der Waals surface area contributed by atoms with Crippen LogP contribution in [-0.4, -0.2) is 69.2 Å². The van der Waals surface area contributed by atoms with E-state index in [0.717, 1.165) is 25.0 Å². The van der Waals surface area contributed by atoms with Crippen molar-refractivity contribution in [3.8, 4) is 0 Å². The first-order valence-electron chi connectivity index (χ1n) is 12.8. The van der Waals surface area contributed by atoms with Crippen LogP contribution < -0.4 is 0 Å². The first-order valence-corrected chi connectivity index (χ1v) is 12.8. The van der Waals surface area contributed by atoms with Crippen LogP contribution in [0.2, 0.25) is 0 Å². The number of piperazine rings is 1. The van der Waals surface area contributed by atoms with Gasteiger partial charge in [-0.3, -0.25) is 14.5 Å². The van der Waals surface area contributed by atoms with Gasteiger partial charge in [-0.05, 0) is 30.5 Å². The molecule has 8 nitrogen and oxygen atoms in total. The second kappa shape index (κ2) is 11.0. The fraction of sp³-hybridized carbons (Fsp3) is 0.345. The Hall–Kier alpha value is -3.91. The Morgan fingerprint density at radius 2 is 1.81 bits per heavy atom. The predicted molar refractivity (Wildman–Crippen MR) is 142 cm³/mol. The lowest BCUT2D eigenvalue weighted by atomic mass is 10.1. The number of oxazole rings is 1. The number of fused-ring (bicyclic) bond motifs is 1. The molecule has 1 fully saturated rings. The number of benzene rings is 2. The molecule has 2 amide bonds. The molecule has 0 spiro atoms. The molecule has 1 aliphatic heterocycles. The highest BCUT2D eigenvalue weighted by atomic mass is 16.3. The molecule has 0 aliphatic carbocycles. The number of rotatable bonds is 8. The number of hydrogen-bond donors (Lipinski definition) is 1. The molecule has 0 unspecified atom stereocenters. The molecule has 0 saturated carbocycles. The molecule has 0 atom stereocenters. The van der Waals surface area contributed by atoms with Gasteiger partial charge in [0.15, 0.2) is 5.69 Å². The largest absolute Gasteiger partial charge is 0.447 e. The molecule has 0 bridgehead atoms. The minimum absolute atomic E-state index is 0.0390. The molecule has 2 aromatic carbocycles. The topological polar surface area (TPSA) is 85.7 Å². The summed E-state index contributed by atoms with van der Waals surface area (Å²) in [4.78, 5) is 38.3. The average Bonchev–Trinajstić information content (AvgIpc) is 3.54. The third kappa shape index (κ3) is 5.91. The van der Waals surface area contributed by atoms with E-state index in [1.54, 1.807) is 16.7 Å². The summed E-state index contributed by atoms with van der Waals surface area (Å²) in [6.45, 7) is 7.83. The summed E-state index contributed by atoms with van der Waals surface area (Å²) < 4.78 is 5.76. The first-order chi connectivity index (χ1) is 18.0. The van der Waals surface area contributed by atoms with Crippen molar-refractivity contribution in [2.45, 2.75) is 33.4 Å². The molecule has 4 aromatic rings. The van der Waals surface area contributed by atoms with Crippen LogP contribution in [0.25, 0.3) is 10.9 Å². The number of nitrogens with zero attached hydrogens (tertiary/aromatic N) is 4. The quantitative estimate of drug-likeness (QED) is 0.396. The summed E-state index contributed by atoms with van der Waals surface area (Å²) in [5.74, 6) is 0.414. The van der Waals surface area contributed by atoms with E-state index in [1.165, 1.54) is 28.3 Å². The average molecular weight is 500 g/mol. The Balaban J connectivity index is 1.27. The van der Waals surface area contributed by atoms with E-state index in [2.05, 4.69) is 70.5 Å². The molecular formula is C29H33N5O3. The fourth-order valence-electron chi connectivity index (χ4n) is 4.96. The lowest BCUT2D eigenvalue weighted by molar-refractivity contribution is -0.130. The van der Waals surface area contributed by atoms with Gasteiger partial charge in [0.1, 0.15) is 6.26 Å². The highest BCUT2D eigenvalue weighted by molar-refractivity contribution is 5.92. The van der Waals surface area contributed by atoms with Crippen molar-refractivity contribution in [1.29, 1.82) is 0 Å². The van der Waals surface area contributed by atoms with Crippen LogP contribution in [0.3, 0.4) is 0 Å². The van der Waals surface area contributed by atoms with Crippen molar-refractivity contribution in [3.05, 3.63) is 89.3 Å².